The number of aromatic nitrogens is 2. The topological polar surface area (TPSA) is 52.6 Å². The molecule has 2 fully saturated rings. The van der Waals surface area contributed by atoms with Crippen LogP contribution >= 0.6 is 11.7 Å². The van der Waals surface area contributed by atoms with E-state index in [0.717, 1.165) is 55.9 Å². The summed E-state index contributed by atoms with van der Waals surface area (Å²) in [4.78, 5) is 19.3. The number of benzene rings is 1. The predicted molar refractivity (Wildman–Crippen MR) is 86.2 cm³/mol. The molecule has 0 saturated carbocycles. The molecule has 2 saturated heterocycles. The van der Waals surface area contributed by atoms with Crippen LogP contribution in [0.1, 0.15) is 10.4 Å². The largest absolute Gasteiger partial charge is 0.335 e. The van der Waals surface area contributed by atoms with E-state index in [1.54, 1.807) is 0 Å². The molecule has 1 aromatic carbocycles. The number of likely N-dealkylation sites (tertiary alicyclic amines) is 1. The molecule has 4 rings (SSSR count). The van der Waals surface area contributed by atoms with Gasteiger partial charge in [0.2, 0.25) is 0 Å². The van der Waals surface area contributed by atoms with Gasteiger partial charge < -0.3 is 9.80 Å². The zero-order chi connectivity index (χ0) is 15.1. The van der Waals surface area contributed by atoms with E-state index < -0.39 is 0 Å². The van der Waals surface area contributed by atoms with Crippen LogP contribution in [0.5, 0.6) is 0 Å². The van der Waals surface area contributed by atoms with Crippen LogP contribution in [0.25, 0.3) is 11.0 Å². The van der Waals surface area contributed by atoms with Crippen molar-refractivity contribution in [2.75, 3.05) is 46.3 Å². The van der Waals surface area contributed by atoms with Crippen LogP contribution in [0.3, 0.4) is 0 Å². The zero-order valence-corrected chi connectivity index (χ0v) is 13.4. The van der Waals surface area contributed by atoms with Gasteiger partial charge in [-0.3, -0.25) is 9.69 Å². The zero-order valence-electron chi connectivity index (χ0n) is 12.6. The van der Waals surface area contributed by atoms with Crippen LogP contribution in [0.2, 0.25) is 0 Å². The van der Waals surface area contributed by atoms with Gasteiger partial charge in [0.1, 0.15) is 11.0 Å². The van der Waals surface area contributed by atoms with Gasteiger partial charge in [-0.1, -0.05) is 0 Å². The minimum absolute atomic E-state index is 0.111. The molecule has 0 unspecified atom stereocenters. The van der Waals surface area contributed by atoms with Crippen molar-refractivity contribution >= 4 is 28.7 Å². The number of fused-ring (bicyclic) bond motifs is 1. The van der Waals surface area contributed by atoms with Crippen molar-refractivity contribution in [1.29, 1.82) is 0 Å². The molecule has 1 amide bonds. The Morgan fingerprint density at radius 3 is 2.64 bits per heavy atom. The molecule has 6 nitrogen and oxygen atoms in total. The van der Waals surface area contributed by atoms with Crippen LogP contribution < -0.4 is 0 Å². The van der Waals surface area contributed by atoms with Gasteiger partial charge in [0.15, 0.2) is 0 Å². The summed E-state index contributed by atoms with van der Waals surface area (Å²) in [5.41, 5.74) is 2.39. The number of amides is 1. The van der Waals surface area contributed by atoms with Gasteiger partial charge in [0.25, 0.3) is 5.91 Å². The van der Waals surface area contributed by atoms with Crippen LogP contribution in [0, 0.1) is 0 Å². The number of nitrogens with zero attached hydrogens (tertiary/aromatic N) is 5. The molecule has 0 atom stereocenters. The Balaban J connectivity index is 1.38. The van der Waals surface area contributed by atoms with Gasteiger partial charge in [0.05, 0.1) is 11.7 Å². The molecule has 3 heterocycles. The van der Waals surface area contributed by atoms with Crippen molar-refractivity contribution in [3.05, 3.63) is 23.8 Å². The van der Waals surface area contributed by atoms with E-state index in [0.29, 0.717) is 6.04 Å². The second-order valence-electron chi connectivity index (χ2n) is 6.17. The van der Waals surface area contributed by atoms with Gasteiger partial charge in [-0.25, -0.2) is 0 Å². The quantitative estimate of drug-likeness (QED) is 0.819. The Hall–Kier alpha value is -1.57. The number of rotatable bonds is 2. The molecule has 2 aliphatic rings. The SMILES string of the molecule is CN1CCN(C2CN(C(=O)c3ccc4nsnc4c3)C2)CC1. The Morgan fingerprint density at radius 2 is 1.86 bits per heavy atom. The van der Waals surface area contributed by atoms with Crippen molar-refractivity contribution in [2.45, 2.75) is 6.04 Å². The number of hydrogen-bond acceptors (Lipinski definition) is 6. The van der Waals surface area contributed by atoms with E-state index >= 15 is 0 Å². The number of carbonyl (C=O) groups excluding carboxylic acids is 1. The summed E-state index contributed by atoms with van der Waals surface area (Å²) in [5, 5.41) is 0. The number of carbonyl (C=O) groups is 1. The lowest BCUT2D eigenvalue weighted by Gasteiger charge is -2.47. The molecule has 0 aliphatic carbocycles. The lowest BCUT2D eigenvalue weighted by atomic mass is 10.0. The smallest absolute Gasteiger partial charge is 0.254 e. The van der Waals surface area contributed by atoms with E-state index in [9.17, 15) is 4.79 Å². The maximum Gasteiger partial charge on any atom is 0.254 e. The van der Waals surface area contributed by atoms with E-state index in [1.165, 1.54) is 11.7 Å². The molecule has 2 aromatic rings. The maximum atomic E-state index is 12.5. The number of hydrogen-bond donors (Lipinski definition) is 0. The fraction of sp³-hybridized carbons (Fsp3) is 0.533. The Morgan fingerprint density at radius 1 is 1.14 bits per heavy atom. The van der Waals surface area contributed by atoms with E-state index in [2.05, 4.69) is 25.6 Å². The first-order valence-electron chi connectivity index (χ1n) is 7.65. The molecule has 0 N–H and O–H groups in total. The Bertz CT molecular complexity index is 688. The third kappa shape index (κ3) is 2.49. The van der Waals surface area contributed by atoms with Gasteiger partial charge >= 0.3 is 0 Å². The van der Waals surface area contributed by atoms with Crippen molar-refractivity contribution in [2.24, 2.45) is 0 Å². The molecular formula is C15H19N5OS. The predicted octanol–water partition coefficient (Wildman–Crippen LogP) is 0.763. The average Bonchev–Trinajstić information content (AvgIpc) is 2.95. The fourth-order valence-electron chi connectivity index (χ4n) is 3.14. The van der Waals surface area contributed by atoms with Crippen molar-refractivity contribution in [3.8, 4) is 0 Å². The molecule has 0 bridgehead atoms. The standard InChI is InChI=1S/C15H19N5OS/c1-18-4-6-19(7-5-18)12-9-20(10-12)15(21)11-2-3-13-14(8-11)17-22-16-13/h2-3,8,12H,4-7,9-10H2,1H3. The summed E-state index contributed by atoms with van der Waals surface area (Å²) in [6.45, 7) is 6.15. The highest BCUT2D eigenvalue weighted by atomic mass is 32.1. The second-order valence-corrected chi connectivity index (χ2v) is 6.70. The first-order valence-corrected chi connectivity index (χ1v) is 8.38. The van der Waals surface area contributed by atoms with Crippen LogP contribution in [0.4, 0.5) is 0 Å². The third-order valence-corrected chi connectivity index (χ3v) is 5.26. The molecule has 1 aromatic heterocycles. The monoisotopic (exact) mass is 317 g/mol. The summed E-state index contributed by atoms with van der Waals surface area (Å²) in [7, 11) is 2.16. The number of piperazine rings is 1. The molecule has 0 spiro atoms. The first kappa shape index (κ1) is 14.0. The summed E-state index contributed by atoms with van der Waals surface area (Å²) in [6, 6.07) is 6.12. The molecular weight excluding hydrogens is 298 g/mol. The molecule has 7 heteroatoms. The average molecular weight is 317 g/mol. The van der Waals surface area contributed by atoms with Crippen molar-refractivity contribution < 1.29 is 4.79 Å². The van der Waals surface area contributed by atoms with E-state index in [4.69, 9.17) is 0 Å². The molecule has 116 valence electrons. The van der Waals surface area contributed by atoms with Gasteiger partial charge in [-0.15, -0.1) is 0 Å². The normalized spacial score (nSPS) is 21.2. The second kappa shape index (κ2) is 5.57. The highest BCUT2D eigenvalue weighted by molar-refractivity contribution is 7.00. The van der Waals surface area contributed by atoms with Crippen LogP contribution in [-0.4, -0.2) is 81.7 Å². The summed E-state index contributed by atoms with van der Waals surface area (Å²) in [5.74, 6) is 0.111. The summed E-state index contributed by atoms with van der Waals surface area (Å²) in [6.07, 6.45) is 0. The van der Waals surface area contributed by atoms with E-state index in [-0.39, 0.29) is 5.91 Å². The van der Waals surface area contributed by atoms with Gasteiger partial charge in [-0.05, 0) is 25.2 Å². The van der Waals surface area contributed by atoms with Gasteiger partial charge in [-0.2, -0.15) is 8.75 Å². The molecule has 0 radical (unpaired) electrons. The maximum absolute atomic E-state index is 12.5. The lowest BCUT2D eigenvalue weighted by molar-refractivity contribution is 0.0110. The van der Waals surface area contributed by atoms with Gasteiger partial charge in [0, 0.05) is 50.9 Å². The van der Waals surface area contributed by atoms with Crippen LogP contribution in [0.15, 0.2) is 18.2 Å². The third-order valence-electron chi connectivity index (χ3n) is 4.70. The van der Waals surface area contributed by atoms with Crippen molar-refractivity contribution in [3.63, 3.8) is 0 Å². The Kier molecular flexibility index (Phi) is 3.56. The number of likely N-dealkylation sites (N-methyl/N-ethyl adjacent to an activating group) is 1. The van der Waals surface area contributed by atoms with E-state index in [1.807, 2.05) is 23.1 Å². The first-order chi connectivity index (χ1) is 10.7. The molecule has 22 heavy (non-hydrogen) atoms. The lowest BCUT2D eigenvalue weighted by Crippen LogP contribution is -2.63. The van der Waals surface area contributed by atoms with Crippen LogP contribution in [-0.2, 0) is 0 Å². The minimum atomic E-state index is 0.111. The van der Waals surface area contributed by atoms with Crippen molar-refractivity contribution in [1.82, 2.24) is 23.4 Å². The summed E-state index contributed by atoms with van der Waals surface area (Å²) >= 11 is 1.19. The minimum Gasteiger partial charge on any atom is -0.335 e. The fourth-order valence-corrected chi connectivity index (χ4v) is 3.65. The highest BCUT2D eigenvalue weighted by Gasteiger charge is 2.36. The summed E-state index contributed by atoms with van der Waals surface area (Å²) < 4.78 is 8.38. The molecule has 2 aliphatic heterocycles. The Labute approximate surface area is 133 Å². The highest BCUT2D eigenvalue weighted by Crippen LogP contribution is 2.21.